The van der Waals surface area contributed by atoms with Crippen molar-refractivity contribution in [3.05, 3.63) is 35.4 Å². The van der Waals surface area contributed by atoms with Crippen molar-refractivity contribution in [2.75, 3.05) is 7.11 Å². The average molecular weight is 314 g/mol. The molecule has 0 amide bonds. The summed E-state index contributed by atoms with van der Waals surface area (Å²) in [6.45, 7) is 2.02. The number of allylic oxidation sites excluding steroid dienone is 2. The smallest absolute Gasteiger partial charge is 0.142 e. The predicted octanol–water partition coefficient (Wildman–Crippen LogP) is 3.93. The summed E-state index contributed by atoms with van der Waals surface area (Å²) < 4.78 is 5.32. The third-order valence-electron chi connectivity index (χ3n) is 5.73. The highest BCUT2D eigenvalue weighted by molar-refractivity contribution is 5.88. The highest BCUT2D eigenvalue weighted by Crippen LogP contribution is 2.43. The van der Waals surface area contributed by atoms with Crippen LogP contribution in [0, 0.1) is 5.41 Å². The Morgan fingerprint density at radius 1 is 1.35 bits per heavy atom. The van der Waals surface area contributed by atoms with Crippen molar-refractivity contribution < 1.29 is 14.6 Å². The average Bonchev–Trinajstić information content (AvgIpc) is 2.87. The van der Waals surface area contributed by atoms with E-state index < -0.39 is 11.5 Å². The molecule has 2 atom stereocenters. The molecule has 0 aliphatic heterocycles. The molecule has 1 N–H and O–H groups in total. The molecule has 0 saturated heterocycles. The van der Waals surface area contributed by atoms with Crippen LogP contribution in [0.25, 0.3) is 5.57 Å². The third-order valence-corrected chi connectivity index (χ3v) is 5.73. The van der Waals surface area contributed by atoms with Crippen LogP contribution in [0.1, 0.15) is 56.6 Å². The summed E-state index contributed by atoms with van der Waals surface area (Å²) in [5.41, 5.74) is 3.36. The molecule has 3 heteroatoms. The Bertz CT molecular complexity index is 632. The predicted molar refractivity (Wildman–Crippen MR) is 91.5 cm³/mol. The van der Waals surface area contributed by atoms with Crippen LogP contribution in [0.5, 0.6) is 5.75 Å². The first kappa shape index (κ1) is 16.3. The van der Waals surface area contributed by atoms with Gasteiger partial charge in [-0.25, -0.2) is 0 Å². The maximum Gasteiger partial charge on any atom is 0.142 e. The molecule has 0 aromatic heterocycles. The zero-order valence-corrected chi connectivity index (χ0v) is 14.1. The van der Waals surface area contributed by atoms with Crippen LogP contribution in [0.15, 0.2) is 24.3 Å². The number of hydrogen-bond donors (Lipinski definition) is 1. The second-order valence-electron chi connectivity index (χ2n) is 6.80. The standard InChI is InChI=1S/C20H26O3/c1-3-20(18(21)9-10-19(20)22)12-11-14-5-4-6-15-13-16(23-2)7-8-17(14)15/h7-8,11,13,18,21H,3-6,9-10,12H2,1-2H3/b14-11+/t18-,20-/m0/s1. The van der Waals surface area contributed by atoms with E-state index in [-0.39, 0.29) is 5.78 Å². The number of aryl methyl sites for hydroxylation is 1. The number of methoxy groups -OCH3 is 1. The topological polar surface area (TPSA) is 46.5 Å². The Kier molecular flexibility index (Phi) is 4.58. The van der Waals surface area contributed by atoms with Crippen LogP contribution in [0.2, 0.25) is 0 Å². The van der Waals surface area contributed by atoms with Crippen molar-refractivity contribution in [2.45, 2.75) is 58.0 Å². The van der Waals surface area contributed by atoms with Gasteiger partial charge in [0.05, 0.1) is 18.6 Å². The van der Waals surface area contributed by atoms with Crippen LogP contribution in [0.3, 0.4) is 0 Å². The first-order valence-corrected chi connectivity index (χ1v) is 8.68. The summed E-state index contributed by atoms with van der Waals surface area (Å²) in [7, 11) is 1.69. The van der Waals surface area contributed by atoms with Crippen LogP contribution < -0.4 is 4.74 Å². The molecule has 0 spiro atoms. The van der Waals surface area contributed by atoms with Gasteiger partial charge in [0.1, 0.15) is 11.5 Å². The number of ketones is 1. The van der Waals surface area contributed by atoms with Crippen LogP contribution >= 0.6 is 0 Å². The van der Waals surface area contributed by atoms with Crippen molar-refractivity contribution in [2.24, 2.45) is 5.41 Å². The molecular formula is C20H26O3. The van der Waals surface area contributed by atoms with E-state index in [1.807, 2.05) is 13.0 Å². The number of rotatable bonds is 4. The number of benzene rings is 1. The van der Waals surface area contributed by atoms with Gasteiger partial charge in [0.2, 0.25) is 0 Å². The molecule has 2 aliphatic rings. The number of fused-ring (bicyclic) bond motifs is 1. The van der Waals surface area contributed by atoms with E-state index in [2.05, 4.69) is 18.2 Å². The summed E-state index contributed by atoms with van der Waals surface area (Å²) in [6.07, 6.45) is 7.47. The van der Waals surface area contributed by atoms with E-state index in [4.69, 9.17) is 4.74 Å². The molecule has 0 heterocycles. The summed E-state index contributed by atoms with van der Waals surface area (Å²) in [5, 5.41) is 10.3. The molecule has 3 nitrogen and oxygen atoms in total. The number of aliphatic hydroxyl groups is 1. The van der Waals surface area contributed by atoms with Gasteiger partial charge in [0.15, 0.2) is 0 Å². The van der Waals surface area contributed by atoms with E-state index in [1.165, 1.54) is 16.7 Å². The number of aliphatic hydroxyl groups excluding tert-OH is 1. The molecule has 0 unspecified atom stereocenters. The minimum absolute atomic E-state index is 0.232. The maximum atomic E-state index is 12.3. The van der Waals surface area contributed by atoms with Gasteiger partial charge in [0.25, 0.3) is 0 Å². The van der Waals surface area contributed by atoms with E-state index in [0.717, 1.165) is 25.0 Å². The molecule has 1 fully saturated rings. The Hall–Kier alpha value is -1.61. The molecule has 3 rings (SSSR count). The largest absolute Gasteiger partial charge is 0.497 e. The van der Waals surface area contributed by atoms with Crippen LogP contribution in [0.4, 0.5) is 0 Å². The fourth-order valence-electron chi connectivity index (χ4n) is 4.14. The lowest BCUT2D eigenvalue weighted by Gasteiger charge is -2.29. The van der Waals surface area contributed by atoms with Crippen molar-refractivity contribution in [3.63, 3.8) is 0 Å². The second-order valence-corrected chi connectivity index (χ2v) is 6.80. The van der Waals surface area contributed by atoms with Gasteiger partial charge in [-0.15, -0.1) is 0 Å². The Morgan fingerprint density at radius 3 is 2.83 bits per heavy atom. The van der Waals surface area contributed by atoms with E-state index in [0.29, 0.717) is 25.7 Å². The molecular weight excluding hydrogens is 288 g/mol. The number of Topliss-reactive ketones (excluding diaryl/α,β-unsaturated/α-hetero) is 1. The van der Waals surface area contributed by atoms with Gasteiger partial charge in [-0.05, 0) is 67.4 Å². The third kappa shape index (κ3) is 2.83. The van der Waals surface area contributed by atoms with Crippen molar-refractivity contribution in [1.29, 1.82) is 0 Å². The van der Waals surface area contributed by atoms with Gasteiger partial charge >= 0.3 is 0 Å². The summed E-state index contributed by atoms with van der Waals surface area (Å²) in [6, 6.07) is 6.25. The van der Waals surface area contributed by atoms with Crippen molar-refractivity contribution >= 4 is 11.4 Å². The van der Waals surface area contributed by atoms with Gasteiger partial charge in [-0.1, -0.05) is 19.1 Å². The summed E-state index contributed by atoms with van der Waals surface area (Å²) in [5.74, 6) is 1.13. The number of carbonyl (C=O) groups is 1. The molecule has 1 aromatic carbocycles. The first-order chi connectivity index (χ1) is 11.1. The molecule has 23 heavy (non-hydrogen) atoms. The monoisotopic (exact) mass is 314 g/mol. The molecule has 1 aromatic rings. The maximum absolute atomic E-state index is 12.3. The van der Waals surface area contributed by atoms with Crippen molar-refractivity contribution in [3.8, 4) is 5.75 Å². The van der Waals surface area contributed by atoms with Crippen LogP contribution in [-0.2, 0) is 11.2 Å². The number of carbonyl (C=O) groups excluding carboxylic acids is 1. The molecule has 1 saturated carbocycles. The van der Waals surface area contributed by atoms with Gasteiger partial charge in [-0.2, -0.15) is 0 Å². The summed E-state index contributed by atoms with van der Waals surface area (Å²) in [4.78, 5) is 12.3. The first-order valence-electron chi connectivity index (χ1n) is 8.68. The Labute approximate surface area is 138 Å². The van der Waals surface area contributed by atoms with Gasteiger partial charge < -0.3 is 9.84 Å². The van der Waals surface area contributed by atoms with Crippen molar-refractivity contribution in [1.82, 2.24) is 0 Å². The fourth-order valence-corrected chi connectivity index (χ4v) is 4.14. The molecule has 0 bridgehead atoms. The van der Waals surface area contributed by atoms with Gasteiger partial charge in [0, 0.05) is 6.42 Å². The number of ether oxygens (including phenoxy) is 1. The highest BCUT2D eigenvalue weighted by Gasteiger charge is 2.46. The zero-order chi connectivity index (χ0) is 16.4. The lowest BCUT2D eigenvalue weighted by molar-refractivity contribution is -0.129. The van der Waals surface area contributed by atoms with E-state index >= 15 is 0 Å². The highest BCUT2D eigenvalue weighted by atomic mass is 16.5. The van der Waals surface area contributed by atoms with Crippen LogP contribution in [-0.4, -0.2) is 24.1 Å². The molecule has 0 radical (unpaired) electrons. The Morgan fingerprint density at radius 2 is 2.17 bits per heavy atom. The molecule has 2 aliphatic carbocycles. The lowest BCUT2D eigenvalue weighted by atomic mass is 9.76. The van der Waals surface area contributed by atoms with E-state index in [9.17, 15) is 9.90 Å². The second kappa shape index (κ2) is 6.48. The molecule has 124 valence electrons. The zero-order valence-electron chi connectivity index (χ0n) is 14.1. The fraction of sp³-hybridized carbons (Fsp3) is 0.550. The lowest BCUT2D eigenvalue weighted by Crippen LogP contribution is -2.35. The SMILES string of the molecule is CC[C@@]1(C/C=C2\CCCc3cc(OC)ccc32)C(=O)CC[C@@H]1O. The number of hydrogen-bond acceptors (Lipinski definition) is 3. The quantitative estimate of drug-likeness (QED) is 0.916. The minimum Gasteiger partial charge on any atom is -0.497 e. The Balaban J connectivity index is 1.88. The minimum atomic E-state index is -0.558. The normalized spacial score (nSPS) is 28.9. The van der Waals surface area contributed by atoms with Gasteiger partial charge in [-0.3, -0.25) is 4.79 Å². The van der Waals surface area contributed by atoms with E-state index in [1.54, 1.807) is 7.11 Å². The summed E-state index contributed by atoms with van der Waals surface area (Å²) >= 11 is 0.